The first kappa shape index (κ1) is 13.8. The third-order valence-corrected chi connectivity index (χ3v) is 2.95. The molecule has 17 heavy (non-hydrogen) atoms. The minimum Gasteiger partial charge on any atom is -0.478 e. The van der Waals surface area contributed by atoms with Crippen molar-refractivity contribution in [2.45, 2.75) is 39.7 Å². The van der Waals surface area contributed by atoms with Gasteiger partial charge in [-0.15, -0.1) is 0 Å². The molecule has 1 aromatic rings. The average molecular weight is 239 g/mol. The van der Waals surface area contributed by atoms with Crippen LogP contribution in [-0.4, -0.2) is 29.4 Å². The van der Waals surface area contributed by atoms with Crippen LogP contribution in [-0.2, 0) is 11.3 Å². The zero-order chi connectivity index (χ0) is 13.0. The van der Waals surface area contributed by atoms with Crippen molar-refractivity contribution in [3.63, 3.8) is 0 Å². The molecule has 4 heteroatoms. The molecule has 0 unspecified atom stereocenters. The predicted molar refractivity (Wildman–Crippen MR) is 66.7 cm³/mol. The Balaban J connectivity index is 3.02. The highest BCUT2D eigenvalue weighted by Crippen LogP contribution is 2.23. The van der Waals surface area contributed by atoms with Crippen molar-refractivity contribution in [2.24, 2.45) is 0 Å². The van der Waals surface area contributed by atoms with Crippen LogP contribution in [0.1, 0.15) is 47.9 Å². The van der Waals surface area contributed by atoms with Crippen LogP contribution in [0.15, 0.2) is 6.07 Å². The first-order valence-electron chi connectivity index (χ1n) is 5.91. The van der Waals surface area contributed by atoms with Gasteiger partial charge in [-0.1, -0.05) is 13.8 Å². The van der Waals surface area contributed by atoms with Gasteiger partial charge >= 0.3 is 5.97 Å². The lowest BCUT2D eigenvalue weighted by molar-refractivity contribution is 0.0696. The van der Waals surface area contributed by atoms with Crippen LogP contribution in [0.4, 0.5) is 0 Å². The lowest BCUT2D eigenvalue weighted by atomic mass is 10.1. The lowest BCUT2D eigenvalue weighted by Gasteiger charge is -2.13. The van der Waals surface area contributed by atoms with E-state index in [1.807, 2.05) is 6.92 Å². The standard InChI is InChI=1S/C13H21NO3/c1-9(2)12-8-11(13(15)16)10(3)14(12)6-5-7-17-4/h8-9H,5-7H2,1-4H3,(H,15,16). The van der Waals surface area contributed by atoms with Gasteiger partial charge in [0.15, 0.2) is 0 Å². The van der Waals surface area contributed by atoms with E-state index in [0.717, 1.165) is 24.4 Å². The maximum Gasteiger partial charge on any atom is 0.337 e. The molecule has 0 aliphatic carbocycles. The van der Waals surface area contributed by atoms with Crippen molar-refractivity contribution >= 4 is 5.97 Å². The summed E-state index contributed by atoms with van der Waals surface area (Å²) in [5, 5.41) is 9.12. The summed E-state index contributed by atoms with van der Waals surface area (Å²) in [7, 11) is 1.68. The fourth-order valence-corrected chi connectivity index (χ4v) is 2.03. The molecule has 1 N–H and O–H groups in total. The summed E-state index contributed by atoms with van der Waals surface area (Å²) < 4.78 is 7.12. The summed E-state index contributed by atoms with van der Waals surface area (Å²) in [6.45, 7) is 7.51. The molecule has 0 aromatic carbocycles. The van der Waals surface area contributed by atoms with Crippen molar-refractivity contribution in [2.75, 3.05) is 13.7 Å². The number of aromatic carboxylic acids is 1. The monoisotopic (exact) mass is 239 g/mol. The van der Waals surface area contributed by atoms with E-state index in [0.29, 0.717) is 18.1 Å². The Kier molecular flexibility index (Phi) is 4.75. The molecule has 1 heterocycles. The number of aromatic nitrogens is 1. The van der Waals surface area contributed by atoms with E-state index in [2.05, 4.69) is 18.4 Å². The summed E-state index contributed by atoms with van der Waals surface area (Å²) in [5.41, 5.74) is 2.32. The normalized spacial score (nSPS) is 11.1. The molecule has 0 saturated carbocycles. The molecular formula is C13H21NO3. The number of ether oxygens (including phenoxy) is 1. The second kappa shape index (κ2) is 5.87. The summed E-state index contributed by atoms with van der Waals surface area (Å²) in [4.78, 5) is 11.1. The van der Waals surface area contributed by atoms with Gasteiger partial charge in [0.05, 0.1) is 5.56 Å². The van der Waals surface area contributed by atoms with Gasteiger partial charge in [-0.2, -0.15) is 0 Å². The smallest absolute Gasteiger partial charge is 0.337 e. The fraction of sp³-hybridized carbons (Fsp3) is 0.615. The minimum atomic E-state index is -0.852. The van der Waals surface area contributed by atoms with Gasteiger partial charge in [0.2, 0.25) is 0 Å². The van der Waals surface area contributed by atoms with E-state index in [1.165, 1.54) is 0 Å². The Labute approximate surface area is 102 Å². The molecule has 0 fully saturated rings. The molecule has 0 aliphatic rings. The third kappa shape index (κ3) is 3.09. The Morgan fingerprint density at radius 1 is 1.53 bits per heavy atom. The number of methoxy groups -OCH3 is 1. The lowest BCUT2D eigenvalue weighted by Crippen LogP contribution is -2.09. The summed E-state index contributed by atoms with van der Waals surface area (Å²) >= 11 is 0. The van der Waals surface area contributed by atoms with Crippen molar-refractivity contribution in [3.8, 4) is 0 Å². The van der Waals surface area contributed by atoms with Gasteiger partial charge in [-0.25, -0.2) is 4.79 Å². The third-order valence-electron chi connectivity index (χ3n) is 2.95. The second-order valence-corrected chi connectivity index (χ2v) is 4.53. The predicted octanol–water partition coefficient (Wildman–Crippen LogP) is 2.65. The van der Waals surface area contributed by atoms with Crippen LogP contribution in [0.5, 0.6) is 0 Å². The molecule has 0 amide bonds. The van der Waals surface area contributed by atoms with Crippen LogP contribution in [0, 0.1) is 6.92 Å². The summed E-state index contributed by atoms with van der Waals surface area (Å²) in [6.07, 6.45) is 0.894. The van der Waals surface area contributed by atoms with Gasteiger partial charge in [-0.3, -0.25) is 0 Å². The molecule has 0 saturated heterocycles. The number of hydrogen-bond acceptors (Lipinski definition) is 2. The van der Waals surface area contributed by atoms with E-state index >= 15 is 0 Å². The molecule has 4 nitrogen and oxygen atoms in total. The van der Waals surface area contributed by atoms with Crippen molar-refractivity contribution < 1.29 is 14.6 Å². The van der Waals surface area contributed by atoms with Crippen LogP contribution < -0.4 is 0 Å². The maximum absolute atomic E-state index is 11.1. The number of carboxylic acid groups (broad SMARTS) is 1. The van der Waals surface area contributed by atoms with Gasteiger partial charge < -0.3 is 14.4 Å². The summed E-state index contributed by atoms with van der Waals surface area (Å²) in [5.74, 6) is -0.528. The maximum atomic E-state index is 11.1. The van der Waals surface area contributed by atoms with E-state index < -0.39 is 5.97 Å². The number of carboxylic acids is 1. The largest absolute Gasteiger partial charge is 0.478 e. The number of nitrogens with zero attached hydrogens (tertiary/aromatic N) is 1. The van der Waals surface area contributed by atoms with Crippen molar-refractivity contribution in [1.29, 1.82) is 0 Å². The van der Waals surface area contributed by atoms with Gasteiger partial charge in [0.1, 0.15) is 0 Å². The number of rotatable bonds is 6. The van der Waals surface area contributed by atoms with Crippen molar-refractivity contribution in [1.82, 2.24) is 4.57 Å². The van der Waals surface area contributed by atoms with E-state index in [4.69, 9.17) is 9.84 Å². The highest BCUT2D eigenvalue weighted by atomic mass is 16.5. The highest BCUT2D eigenvalue weighted by molar-refractivity contribution is 5.89. The van der Waals surface area contributed by atoms with E-state index in [1.54, 1.807) is 13.2 Å². The zero-order valence-corrected chi connectivity index (χ0v) is 11.0. The fourth-order valence-electron chi connectivity index (χ4n) is 2.03. The Morgan fingerprint density at radius 2 is 2.18 bits per heavy atom. The molecule has 0 bridgehead atoms. The van der Waals surface area contributed by atoms with Gasteiger partial charge in [-0.05, 0) is 25.3 Å². The number of hydrogen-bond donors (Lipinski definition) is 1. The van der Waals surface area contributed by atoms with Crippen LogP contribution in [0.2, 0.25) is 0 Å². The summed E-state index contributed by atoms with van der Waals surface area (Å²) in [6, 6.07) is 1.79. The quantitative estimate of drug-likeness (QED) is 0.776. The van der Waals surface area contributed by atoms with Crippen LogP contribution in [0.25, 0.3) is 0 Å². The first-order valence-corrected chi connectivity index (χ1v) is 5.91. The van der Waals surface area contributed by atoms with Crippen LogP contribution in [0.3, 0.4) is 0 Å². The van der Waals surface area contributed by atoms with Gasteiger partial charge in [0, 0.05) is 31.6 Å². The molecule has 0 atom stereocenters. The zero-order valence-electron chi connectivity index (χ0n) is 11.0. The highest BCUT2D eigenvalue weighted by Gasteiger charge is 2.17. The topological polar surface area (TPSA) is 51.5 Å². The Hall–Kier alpha value is -1.29. The molecule has 0 aliphatic heterocycles. The average Bonchev–Trinajstić information content (AvgIpc) is 2.57. The van der Waals surface area contributed by atoms with Gasteiger partial charge in [0.25, 0.3) is 0 Å². The molecule has 96 valence electrons. The molecule has 0 radical (unpaired) electrons. The van der Waals surface area contributed by atoms with Crippen molar-refractivity contribution in [3.05, 3.63) is 23.0 Å². The molecule has 0 spiro atoms. The Bertz CT molecular complexity index is 394. The minimum absolute atomic E-state index is 0.323. The Morgan fingerprint density at radius 3 is 2.65 bits per heavy atom. The first-order chi connectivity index (χ1) is 7.99. The van der Waals surface area contributed by atoms with E-state index in [9.17, 15) is 4.79 Å². The number of carbonyl (C=O) groups is 1. The molecular weight excluding hydrogens is 218 g/mol. The SMILES string of the molecule is COCCCn1c(C(C)C)cc(C(=O)O)c1C. The van der Waals surface area contributed by atoms with Crippen LogP contribution >= 0.6 is 0 Å². The van der Waals surface area contributed by atoms with E-state index in [-0.39, 0.29) is 0 Å². The molecule has 1 aromatic heterocycles. The molecule has 1 rings (SSSR count). The second-order valence-electron chi connectivity index (χ2n) is 4.53.